The lowest BCUT2D eigenvalue weighted by molar-refractivity contribution is 0.306. The molecule has 4 aromatic rings. The van der Waals surface area contributed by atoms with Crippen molar-refractivity contribution < 1.29 is 4.74 Å². The Labute approximate surface area is 133 Å². The molecule has 3 aromatic heterocycles. The molecule has 0 aliphatic carbocycles. The van der Waals surface area contributed by atoms with Gasteiger partial charge in [-0.15, -0.1) is 0 Å². The van der Waals surface area contributed by atoms with Gasteiger partial charge in [0.05, 0.1) is 12.4 Å². The number of benzene rings is 1. The molecular formula is C18H16N4O. The van der Waals surface area contributed by atoms with Crippen molar-refractivity contribution in [1.82, 2.24) is 19.2 Å². The molecular weight excluding hydrogens is 288 g/mol. The van der Waals surface area contributed by atoms with Crippen molar-refractivity contribution in [2.75, 3.05) is 0 Å². The molecule has 1 aromatic carbocycles. The number of hydrogen-bond donors (Lipinski definition) is 0. The highest BCUT2D eigenvalue weighted by atomic mass is 16.5. The number of imidazole rings is 1. The van der Waals surface area contributed by atoms with Gasteiger partial charge >= 0.3 is 0 Å². The van der Waals surface area contributed by atoms with Crippen LogP contribution in [0.15, 0.2) is 67.4 Å². The van der Waals surface area contributed by atoms with Crippen LogP contribution in [0.5, 0.6) is 5.75 Å². The van der Waals surface area contributed by atoms with E-state index in [0.717, 1.165) is 28.1 Å². The van der Waals surface area contributed by atoms with Crippen molar-refractivity contribution in [3.63, 3.8) is 0 Å². The molecule has 0 N–H and O–H groups in total. The monoisotopic (exact) mass is 304 g/mol. The molecule has 0 unspecified atom stereocenters. The molecule has 0 aliphatic rings. The third-order valence-electron chi connectivity index (χ3n) is 3.75. The van der Waals surface area contributed by atoms with Crippen molar-refractivity contribution >= 4 is 5.65 Å². The molecule has 0 fully saturated rings. The minimum Gasteiger partial charge on any atom is -0.487 e. The first kappa shape index (κ1) is 13.6. The number of aryl methyl sites for hydroxylation is 1. The maximum Gasteiger partial charge on any atom is 0.144 e. The number of nitrogens with zero attached hydrogens (tertiary/aromatic N) is 4. The van der Waals surface area contributed by atoms with Crippen LogP contribution in [0.25, 0.3) is 16.8 Å². The molecule has 5 nitrogen and oxygen atoms in total. The van der Waals surface area contributed by atoms with Crippen LogP contribution in [-0.4, -0.2) is 19.2 Å². The first-order valence-electron chi connectivity index (χ1n) is 7.42. The zero-order chi connectivity index (χ0) is 15.6. The fourth-order valence-electron chi connectivity index (χ4n) is 2.58. The van der Waals surface area contributed by atoms with Gasteiger partial charge in [0, 0.05) is 36.8 Å². The predicted molar refractivity (Wildman–Crippen MR) is 88.2 cm³/mol. The van der Waals surface area contributed by atoms with Crippen LogP contribution in [0.3, 0.4) is 0 Å². The summed E-state index contributed by atoms with van der Waals surface area (Å²) in [7, 11) is 1.90. The number of hydrogen-bond acceptors (Lipinski definition) is 3. The van der Waals surface area contributed by atoms with E-state index in [-0.39, 0.29) is 0 Å². The Hall–Kier alpha value is -3.08. The highest BCUT2D eigenvalue weighted by molar-refractivity contribution is 5.72. The molecule has 4 rings (SSSR count). The van der Waals surface area contributed by atoms with E-state index >= 15 is 0 Å². The zero-order valence-electron chi connectivity index (χ0n) is 12.8. The van der Waals surface area contributed by atoms with Gasteiger partial charge in [-0.25, -0.2) is 4.98 Å². The average Bonchev–Trinajstić information content (AvgIpc) is 3.21. The molecule has 0 spiro atoms. The molecule has 0 amide bonds. The standard InChI is InChI=1S/C18H16N4O/c1-21-11-15(10-20-21)16-9-18-19-7-8-22(18)12-17(16)23-13-14-5-3-2-4-6-14/h2-12H,13H2,1H3. The number of ether oxygens (including phenoxy) is 1. The van der Waals surface area contributed by atoms with Crippen LogP contribution in [0.1, 0.15) is 5.56 Å². The van der Waals surface area contributed by atoms with Crippen molar-refractivity contribution in [2.24, 2.45) is 7.05 Å². The lowest BCUT2D eigenvalue weighted by atomic mass is 10.1. The average molecular weight is 304 g/mol. The van der Waals surface area contributed by atoms with Crippen LogP contribution in [0.4, 0.5) is 0 Å². The maximum absolute atomic E-state index is 6.08. The Morgan fingerprint density at radius 3 is 2.78 bits per heavy atom. The second-order valence-electron chi connectivity index (χ2n) is 5.42. The predicted octanol–water partition coefficient (Wildman–Crippen LogP) is 3.31. The Morgan fingerprint density at radius 2 is 2.00 bits per heavy atom. The van der Waals surface area contributed by atoms with Gasteiger partial charge in [-0.1, -0.05) is 30.3 Å². The first-order valence-corrected chi connectivity index (χ1v) is 7.42. The summed E-state index contributed by atoms with van der Waals surface area (Å²) in [4.78, 5) is 4.35. The summed E-state index contributed by atoms with van der Waals surface area (Å²) in [5, 5.41) is 4.25. The summed E-state index contributed by atoms with van der Waals surface area (Å²) in [6.45, 7) is 0.522. The molecule has 0 bridgehead atoms. The molecule has 0 saturated heterocycles. The smallest absolute Gasteiger partial charge is 0.144 e. The minimum atomic E-state index is 0.522. The fraction of sp³-hybridized carbons (Fsp3) is 0.111. The normalized spacial score (nSPS) is 11.0. The van der Waals surface area contributed by atoms with Crippen LogP contribution >= 0.6 is 0 Å². The van der Waals surface area contributed by atoms with E-state index in [9.17, 15) is 0 Å². The quantitative estimate of drug-likeness (QED) is 0.581. The Kier molecular flexibility index (Phi) is 3.31. The van der Waals surface area contributed by atoms with Crippen molar-refractivity contribution in [3.8, 4) is 16.9 Å². The molecule has 3 heterocycles. The fourth-order valence-corrected chi connectivity index (χ4v) is 2.58. The van der Waals surface area contributed by atoms with E-state index in [4.69, 9.17) is 4.74 Å². The van der Waals surface area contributed by atoms with Gasteiger partial charge < -0.3 is 9.14 Å². The van der Waals surface area contributed by atoms with E-state index in [2.05, 4.69) is 22.2 Å². The van der Waals surface area contributed by atoms with E-state index in [1.54, 1.807) is 10.9 Å². The number of fused-ring (bicyclic) bond motifs is 1. The largest absolute Gasteiger partial charge is 0.487 e. The second kappa shape index (κ2) is 5.61. The van der Waals surface area contributed by atoms with Crippen LogP contribution in [-0.2, 0) is 13.7 Å². The molecule has 5 heteroatoms. The van der Waals surface area contributed by atoms with E-state index in [1.807, 2.05) is 60.5 Å². The first-order chi connectivity index (χ1) is 11.3. The summed E-state index contributed by atoms with van der Waals surface area (Å²) in [5.74, 6) is 0.812. The zero-order valence-corrected chi connectivity index (χ0v) is 12.8. The van der Waals surface area contributed by atoms with Gasteiger partial charge in [0.15, 0.2) is 0 Å². The van der Waals surface area contributed by atoms with Gasteiger partial charge in [-0.3, -0.25) is 4.68 Å². The van der Waals surface area contributed by atoms with Crippen LogP contribution < -0.4 is 4.74 Å². The third kappa shape index (κ3) is 2.68. The summed E-state index contributed by atoms with van der Waals surface area (Å²) >= 11 is 0. The van der Waals surface area contributed by atoms with Crippen molar-refractivity contribution in [1.29, 1.82) is 0 Å². The molecule has 0 saturated carbocycles. The van der Waals surface area contributed by atoms with Crippen molar-refractivity contribution in [3.05, 3.63) is 72.9 Å². The molecule has 114 valence electrons. The van der Waals surface area contributed by atoms with Crippen LogP contribution in [0.2, 0.25) is 0 Å². The SMILES string of the molecule is Cn1cc(-c2cc3nccn3cc2OCc2ccccc2)cn1. The van der Waals surface area contributed by atoms with E-state index in [0.29, 0.717) is 6.61 Å². The van der Waals surface area contributed by atoms with E-state index < -0.39 is 0 Å². The highest BCUT2D eigenvalue weighted by Crippen LogP contribution is 2.31. The molecule has 0 aliphatic heterocycles. The minimum absolute atomic E-state index is 0.522. The number of rotatable bonds is 4. The van der Waals surface area contributed by atoms with Crippen LogP contribution in [0, 0.1) is 0 Å². The van der Waals surface area contributed by atoms with Crippen molar-refractivity contribution in [2.45, 2.75) is 6.61 Å². The number of pyridine rings is 1. The van der Waals surface area contributed by atoms with Gasteiger partial charge in [0.1, 0.15) is 18.0 Å². The topological polar surface area (TPSA) is 44.4 Å². The lowest BCUT2D eigenvalue weighted by Gasteiger charge is -2.11. The third-order valence-corrected chi connectivity index (χ3v) is 3.75. The summed E-state index contributed by atoms with van der Waals surface area (Å²) in [5.41, 5.74) is 4.03. The van der Waals surface area contributed by atoms with Gasteiger partial charge in [0.2, 0.25) is 0 Å². The van der Waals surface area contributed by atoms with Gasteiger partial charge in [0.25, 0.3) is 0 Å². The number of aromatic nitrogens is 4. The summed E-state index contributed by atoms with van der Waals surface area (Å²) < 4.78 is 9.82. The summed E-state index contributed by atoms with van der Waals surface area (Å²) in [6, 6.07) is 12.2. The van der Waals surface area contributed by atoms with E-state index in [1.165, 1.54) is 0 Å². The lowest BCUT2D eigenvalue weighted by Crippen LogP contribution is -1.98. The maximum atomic E-state index is 6.08. The Bertz CT molecular complexity index is 940. The van der Waals surface area contributed by atoms with Gasteiger partial charge in [-0.2, -0.15) is 5.10 Å². The molecule has 0 atom stereocenters. The van der Waals surface area contributed by atoms with Gasteiger partial charge in [-0.05, 0) is 11.6 Å². The second-order valence-corrected chi connectivity index (χ2v) is 5.42. The Morgan fingerprint density at radius 1 is 1.13 bits per heavy atom. The molecule has 0 radical (unpaired) electrons. The summed E-state index contributed by atoms with van der Waals surface area (Å²) in [6.07, 6.45) is 9.48. The Balaban J connectivity index is 1.74. The highest BCUT2D eigenvalue weighted by Gasteiger charge is 2.11. The molecule has 23 heavy (non-hydrogen) atoms.